The molecule has 0 fully saturated rings. The maximum Gasteiger partial charge on any atom is 0.146 e. The summed E-state index contributed by atoms with van der Waals surface area (Å²) in [6.45, 7) is 10.8. The Morgan fingerprint density at radius 3 is 0.750 bits per heavy atom. The molecule has 0 saturated heterocycles. The van der Waals surface area contributed by atoms with Crippen LogP contribution in [0.1, 0.15) is 247 Å². The minimum atomic E-state index is -0.744. The number of Topliss-reactive ketones (excluding diaryl/α,β-unsaturated/α-hetero) is 2. The maximum atomic E-state index is 13.5. The summed E-state index contributed by atoms with van der Waals surface area (Å²) in [5, 5.41) is 0. The molecule has 0 aromatic carbocycles. The van der Waals surface area contributed by atoms with Gasteiger partial charge in [0.05, 0.1) is 5.41 Å². The van der Waals surface area contributed by atoms with Crippen molar-refractivity contribution >= 4 is 11.6 Å². The van der Waals surface area contributed by atoms with Crippen molar-refractivity contribution in [2.45, 2.75) is 247 Å². The van der Waals surface area contributed by atoms with Crippen LogP contribution in [0.5, 0.6) is 0 Å². The van der Waals surface area contributed by atoms with Crippen molar-refractivity contribution in [1.29, 1.82) is 0 Å². The molecule has 0 aliphatic carbocycles. The number of ketones is 2. The fraction of sp³-hybridized carbons (Fsp3) is 0.952. The molecule has 0 atom stereocenters. The van der Waals surface area contributed by atoms with E-state index in [0.29, 0.717) is 19.3 Å². The molecule has 0 aromatic heterocycles. The maximum absolute atomic E-state index is 13.5. The van der Waals surface area contributed by atoms with Crippen molar-refractivity contribution in [2.24, 2.45) is 11.3 Å². The number of carbonyl (C=O) groups excluding carboxylic acids is 2. The second-order valence-corrected chi connectivity index (χ2v) is 14.7. The molecule has 0 unspecified atom stereocenters. The third kappa shape index (κ3) is 22.8. The molecule has 0 amide bonds. The van der Waals surface area contributed by atoms with Gasteiger partial charge in [-0.3, -0.25) is 9.59 Å². The second kappa shape index (κ2) is 32.3. The van der Waals surface area contributed by atoms with E-state index in [4.69, 9.17) is 0 Å². The van der Waals surface area contributed by atoms with Gasteiger partial charge in [-0.2, -0.15) is 0 Å². The standard InChI is InChI=1S/C42H82O2/c1-6-9-11-13-15-17-19-21-23-25-27-29-31-33-35-37-40(43)42(8-3,39(4)5)41(44)38-36-34-32-30-28-26-24-22-20-18-16-14-12-10-7-2/h39H,6-38H2,1-5H3. The molecule has 0 aliphatic rings. The SMILES string of the molecule is CCCCCCCCCCCCCCCCCC(=O)C(CC)(C(=O)CCCCCCCCCCCCCCCCC)C(C)C. The fourth-order valence-electron chi connectivity index (χ4n) is 7.36. The molecule has 0 heterocycles. The summed E-state index contributed by atoms with van der Waals surface area (Å²) in [4.78, 5) is 26.9. The van der Waals surface area contributed by atoms with Crippen LogP contribution in [0.3, 0.4) is 0 Å². The highest BCUT2D eigenvalue weighted by Gasteiger charge is 2.44. The van der Waals surface area contributed by atoms with Gasteiger partial charge >= 0.3 is 0 Å². The van der Waals surface area contributed by atoms with Gasteiger partial charge in [0, 0.05) is 12.8 Å². The summed E-state index contributed by atoms with van der Waals surface area (Å²) < 4.78 is 0. The first-order valence-corrected chi connectivity index (χ1v) is 20.5. The number of carbonyl (C=O) groups is 2. The predicted octanol–water partition coefficient (Wildman–Crippen LogP) is 14.7. The summed E-state index contributed by atoms with van der Waals surface area (Å²) in [6, 6.07) is 0. The Kier molecular flexibility index (Phi) is 31.8. The van der Waals surface area contributed by atoms with Gasteiger partial charge in [0.1, 0.15) is 11.6 Å². The molecule has 0 radical (unpaired) electrons. The quantitative estimate of drug-likeness (QED) is 0.0517. The van der Waals surface area contributed by atoms with E-state index in [1.54, 1.807) is 0 Å². The van der Waals surface area contributed by atoms with Gasteiger partial charge in [-0.05, 0) is 25.2 Å². The van der Waals surface area contributed by atoms with Crippen LogP contribution in [0.4, 0.5) is 0 Å². The Hall–Kier alpha value is -0.660. The third-order valence-corrected chi connectivity index (χ3v) is 10.6. The lowest BCUT2D eigenvalue weighted by atomic mass is 9.66. The van der Waals surface area contributed by atoms with Crippen molar-refractivity contribution < 1.29 is 9.59 Å². The molecular weight excluding hydrogens is 536 g/mol. The molecular formula is C42H82O2. The summed E-state index contributed by atoms with van der Waals surface area (Å²) in [7, 11) is 0. The van der Waals surface area contributed by atoms with E-state index in [0.717, 1.165) is 25.7 Å². The van der Waals surface area contributed by atoms with Gasteiger partial charge in [-0.15, -0.1) is 0 Å². The monoisotopic (exact) mass is 619 g/mol. The van der Waals surface area contributed by atoms with Crippen LogP contribution in [0.25, 0.3) is 0 Å². The van der Waals surface area contributed by atoms with Crippen molar-refractivity contribution in [3.8, 4) is 0 Å². The first kappa shape index (κ1) is 43.3. The Morgan fingerprint density at radius 1 is 0.364 bits per heavy atom. The highest BCUT2D eigenvalue weighted by molar-refractivity contribution is 6.07. The molecule has 44 heavy (non-hydrogen) atoms. The molecule has 0 rings (SSSR count). The molecule has 262 valence electrons. The van der Waals surface area contributed by atoms with E-state index < -0.39 is 5.41 Å². The van der Waals surface area contributed by atoms with Crippen LogP contribution in [-0.4, -0.2) is 11.6 Å². The van der Waals surface area contributed by atoms with Crippen molar-refractivity contribution in [2.75, 3.05) is 0 Å². The van der Waals surface area contributed by atoms with Crippen LogP contribution < -0.4 is 0 Å². The van der Waals surface area contributed by atoms with E-state index >= 15 is 0 Å². The van der Waals surface area contributed by atoms with E-state index in [2.05, 4.69) is 34.6 Å². The van der Waals surface area contributed by atoms with E-state index in [9.17, 15) is 9.59 Å². The van der Waals surface area contributed by atoms with Crippen LogP contribution in [0.15, 0.2) is 0 Å². The lowest BCUT2D eigenvalue weighted by Gasteiger charge is -2.34. The zero-order chi connectivity index (χ0) is 32.6. The minimum Gasteiger partial charge on any atom is -0.299 e. The van der Waals surface area contributed by atoms with E-state index in [-0.39, 0.29) is 17.5 Å². The zero-order valence-corrected chi connectivity index (χ0v) is 31.2. The van der Waals surface area contributed by atoms with Crippen molar-refractivity contribution in [3.63, 3.8) is 0 Å². The highest BCUT2D eigenvalue weighted by atomic mass is 16.2. The topological polar surface area (TPSA) is 34.1 Å². The number of unbranched alkanes of at least 4 members (excludes halogenated alkanes) is 28. The third-order valence-electron chi connectivity index (χ3n) is 10.6. The van der Waals surface area contributed by atoms with Crippen LogP contribution >= 0.6 is 0 Å². The molecule has 2 nitrogen and oxygen atoms in total. The number of hydrogen-bond donors (Lipinski definition) is 0. The Balaban J connectivity index is 3.93. The van der Waals surface area contributed by atoms with Gasteiger partial charge in [0.15, 0.2) is 0 Å². The first-order valence-electron chi connectivity index (χ1n) is 20.5. The summed E-state index contributed by atoms with van der Waals surface area (Å²) >= 11 is 0. The van der Waals surface area contributed by atoms with Gasteiger partial charge in [-0.25, -0.2) is 0 Å². The highest BCUT2D eigenvalue weighted by Crippen LogP contribution is 2.37. The van der Waals surface area contributed by atoms with Crippen molar-refractivity contribution in [3.05, 3.63) is 0 Å². The zero-order valence-electron chi connectivity index (χ0n) is 31.2. The molecule has 0 saturated carbocycles. The van der Waals surface area contributed by atoms with Crippen LogP contribution in [0, 0.1) is 11.3 Å². The molecule has 0 aliphatic heterocycles. The van der Waals surface area contributed by atoms with E-state index in [1.807, 2.05) is 0 Å². The summed E-state index contributed by atoms with van der Waals surface area (Å²) in [5.74, 6) is 0.562. The van der Waals surface area contributed by atoms with Gasteiger partial charge in [0.2, 0.25) is 0 Å². The lowest BCUT2D eigenvalue weighted by molar-refractivity contribution is -0.144. The Labute approximate surface area is 278 Å². The minimum absolute atomic E-state index is 0.0974. The molecule has 0 N–H and O–H groups in total. The van der Waals surface area contributed by atoms with Crippen LogP contribution in [-0.2, 0) is 9.59 Å². The first-order chi connectivity index (χ1) is 21.5. The average Bonchev–Trinajstić information content (AvgIpc) is 3.01. The smallest absolute Gasteiger partial charge is 0.146 e. The molecule has 0 spiro atoms. The average molecular weight is 619 g/mol. The van der Waals surface area contributed by atoms with Gasteiger partial charge < -0.3 is 0 Å². The predicted molar refractivity (Wildman–Crippen MR) is 197 cm³/mol. The number of hydrogen-bond acceptors (Lipinski definition) is 2. The molecule has 2 heteroatoms. The lowest BCUT2D eigenvalue weighted by Crippen LogP contribution is -2.43. The Bertz CT molecular complexity index is 575. The Morgan fingerprint density at radius 2 is 0.568 bits per heavy atom. The van der Waals surface area contributed by atoms with Gasteiger partial charge in [0.25, 0.3) is 0 Å². The summed E-state index contributed by atoms with van der Waals surface area (Å²) in [6.07, 6.45) is 41.9. The normalized spacial score (nSPS) is 12.0. The second-order valence-electron chi connectivity index (χ2n) is 14.7. The summed E-state index contributed by atoms with van der Waals surface area (Å²) in [5.41, 5.74) is -0.744. The molecule has 0 bridgehead atoms. The fourth-order valence-corrected chi connectivity index (χ4v) is 7.36. The van der Waals surface area contributed by atoms with E-state index in [1.165, 1.54) is 167 Å². The number of rotatable bonds is 36. The van der Waals surface area contributed by atoms with Crippen LogP contribution in [0.2, 0.25) is 0 Å². The molecule has 0 aromatic rings. The largest absolute Gasteiger partial charge is 0.299 e. The van der Waals surface area contributed by atoms with Gasteiger partial charge in [-0.1, -0.05) is 214 Å². The van der Waals surface area contributed by atoms with Crippen molar-refractivity contribution in [1.82, 2.24) is 0 Å².